The maximum absolute atomic E-state index is 5.33. The highest BCUT2D eigenvalue weighted by Gasteiger charge is 2.18. The van der Waals surface area contributed by atoms with Gasteiger partial charge in [-0.2, -0.15) is 0 Å². The molecular weight excluding hydrogens is 164 g/mol. The summed E-state index contributed by atoms with van der Waals surface area (Å²) in [7, 11) is 0. The maximum atomic E-state index is 5.33. The molecule has 0 N–H and O–H groups in total. The van der Waals surface area contributed by atoms with Crippen LogP contribution in [0.1, 0.15) is 12.8 Å². The van der Waals surface area contributed by atoms with Crippen LogP contribution in [0.4, 0.5) is 0 Å². The van der Waals surface area contributed by atoms with Crippen LogP contribution in [0.15, 0.2) is 0 Å². The Morgan fingerprint density at radius 1 is 1.15 bits per heavy atom. The smallest absolute Gasteiger partial charge is 0.0594 e. The Labute approximate surface area is 80.4 Å². The van der Waals surface area contributed by atoms with Crippen LogP contribution in [0.2, 0.25) is 0 Å². The van der Waals surface area contributed by atoms with E-state index in [4.69, 9.17) is 4.74 Å². The van der Waals surface area contributed by atoms with E-state index in [1.807, 2.05) is 0 Å². The van der Waals surface area contributed by atoms with Crippen LogP contribution < -0.4 is 5.32 Å². The summed E-state index contributed by atoms with van der Waals surface area (Å²) >= 11 is 0. The fraction of sp³-hybridized carbons (Fsp3) is 1.00. The second-order valence-electron chi connectivity index (χ2n) is 4.03. The number of nitrogens with zero attached hydrogens (tertiary/aromatic N) is 2. The SMILES string of the molecule is C1CC(CN2CCOCC2)CC[N]1. The summed E-state index contributed by atoms with van der Waals surface area (Å²) < 4.78 is 5.33. The van der Waals surface area contributed by atoms with Gasteiger partial charge in [-0.15, -0.1) is 0 Å². The van der Waals surface area contributed by atoms with Crippen molar-refractivity contribution in [3.8, 4) is 0 Å². The number of morpholine rings is 1. The third kappa shape index (κ3) is 2.93. The van der Waals surface area contributed by atoms with Crippen LogP contribution in [0.5, 0.6) is 0 Å². The predicted octanol–water partition coefficient (Wildman–Crippen LogP) is 0.333. The van der Waals surface area contributed by atoms with Crippen molar-refractivity contribution < 1.29 is 4.74 Å². The van der Waals surface area contributed by atoms with Crippen molar-refractivity contribution in [2.24, 2.45) is 5.92 Å². The fourth-order valence-corrected chi connectivity index (χ4v) is 2.14. The van der Waals surface area contributed by atoms with Gasteiger partial charge >= 0.3 is 0 Å². The summed E-state index contributed by atoms with van der Waals surface area (Å²) in [6, 6.07) is 0. The summed E-state index contributed by atoms with van der Waals surface area (Å²) in [5.74, 6) is 0.899. The molecule has 3 heteroatoms. The highest BCUT2D eigenvalue weighted by molar-refractivity contribution is 4.73. The van der Waals surface area contributed by atoms with Crippen LogP contribution in [0.25, 0.3) is 0 Å². The van der Waals surface area contributed by atoms with Gasteiger partial charge in [0, 0.05) is 32.7 Å². The molecule has 0 aromatic heterocycles. The quantitative estimate of drug-likeness (QED) is 0.617. The van der Waals surface area contributed by atoms with Crippen LogP contribution >= 0.6 is 0 Å². The first-order valence-electron chi connectivity index (χ1n) is 5.38. The minimum Gasteiger partial charge on any atom is -0.379 e. The molecule has 2 rings (SSSR count). The summed E-state index contributed by atoms with van der Waals surface area (Å²) in [4.78, 5) is 2.54. The Bertz CT molecular complexity index is 124. The van der Waals surface area contributed by atoms with Crippen molar-refractivity contribution in [2.45, 2.75) is 12.8 Å². The molecule has 2 aliphatic heterocycles. The average Bonchev–Trinajstić information content (AvgIpc) is 2.21. The summed E-state index contributed by atoms with van der Waals surface area (Å²) in [6.07, 6.45) is 2.61. The van der Waals surface area contributed by atoms with E-state index in [-0.39, 0.29) is 0 Å². The van der Waals surface area contributed by atoms with Gasteiger partial charge in [0.1, 0.15) is 0 Å². The molecule has 1 radical (unpaired) electrons. The first-order chi connectivity index (χ1) is 6.45. The van der Waals surface area contributed by atoms with Gasteiger partial charge in [-0.25, -0.2) is 5.32 Å². The highest BCUT2D eigenvalue weighted by atomic mass is 16.5. The van der Waals surface area contributed by atoms with Crippen LogP contribution in [-0.2, 0) is 4.74 Å². The van der Waals surface area contributed by atoms with Gasteiger partial charge in [0.25, 0.3) is 0 Å². The lowest BCUT2D eigenvalue weighted by Gasteiger charge is -2.31. The van der Waals surface area contributed by atoms with Crippen molar-refractivity contribution in [1.82, 2.24) is 10.2 Å². The van der Waals surface area contributed by atoms with E-state index in [9.17, 15) is 0 Å². The van der Waals surface area contributed by atoms with Crippen molar-refractivity contribution in [3.63, 3.8) is 0 Å². The largest absolute Gasteiger partial charge is 0.379 e. The number of hydrogen-bond acceptors (Lipinski definition) is 2. The monoisotopic (exact) mass is 183 g/mol. The van der Waals surface area contributed by atoms with E-state index in [1.165, 1.54) is 19.4 Å². The van der Waals surface area contributed by atoms with Crippen LogP contribution in [-0.4, -0.2) is 50.8 Å². The Hall–Kier alpha value is -0.120. The minimum atomic E-state index is 0.899. The average molecular weight is 183 g/mol. The molecule has 2 saturated heterocycles. The van der Waals surface area contributed by atoms with Gasteiger partial charge in [0.2, 0.25) is 0 Å². The highest BCUT2D eigenvalue weighted by Crippen LogP contribution is 2.14. The first kappa shape index (κ1) is 9.44. The molecular formula is C10H19N2O. The zero-order valence-corrected chi connectivity index (χ0v) is 8.24. The van der Waals surface area contributed by atoms with E-state index in [1.54, 1.807) is 0 Å². The molecule has 2 fully saturated rings. The summed E-state index contributed by atoms with van der Waals surface area (Å²) in [5.41, 5.74) is 0. The minimum absolute atomic E-state index is 0.899. The molecule has 0 unspecified atom stereocenters. The third-order valence-corrected chi connectivity index (χ3v) is 3.01. The Balaban J connectivity index is 1.69. The van der Waals surface area contributed by atoms with E-state index >= 15 is 0 Å². The normalized spacial score (nSPS) is 27.7. The third-order valence-electron chi connectivity index (χ3n) is 3.01. The second kappa shape index (κ2) is 4.94. The molecule has 75 valence electrons. The molecule has 0 aromatic carbocycles. The molecule has 0 atom stereocenters. The van der Waals surface area contributed by atoms with Gasteiger partial charge in [-0.05, 0) is 18.8 Å². The Morgan fingerprint density at radius 3 is 2.54 bits per heavy atom. The van der Waals surface area contributed by atoms with Crippen LogP contribution in [0, 0.1) is 5.92 Å². The van der Waals surface area contributed by atoms with Gasteiger partial charge in [-0.1, -0.05) is 0 Å². The lowest BCUT2D eigenvalue weighted by molar-refractivity contribution is 0.0283. The molecule has 0 spiro atoms. The first-order valence-corrected chi connectivity index (χ1v) is 5.38. The molecule has 2 aliphatic rings. The van der Waals surface area contributed by atoms with Gasteiger partial charge < -0.3 is 4.74 Å². The lowest BCUT2D eigenvalue weighted by atomic mass is 9.97. The van der Waals surface area contributed by atoms with Crippen LogP contribution in [0.3, 0.4) is 0 Å². The number of rotatable bonds is 2. The van der Waals surface area contributed by atoms with Crippen molar-refractivity contribution in [1.29, 1.82) is 0 Å². The number of ether oxygens (including phenoxy) is 1. The molecule has 0 aromatic rings. The van der Waals surface area contributed by atoms with Crippen molar-refractivity contribution in [3.05, 3.63) is 0 Å². The standard InChI is InChI=1S/C10H19N2O/c1-3-11-4-2-10(1)9-12-5-7-13-8-6-12/h10H,1-9H2. The van der Waals surface area contributed by atoms with Crippen molar-refractivity contribution >= 4 is 0 Å². The maximum Gasteiger partial charge on any atom is 0.0594 e. The second-order valence-corrected chi connectivity index (χ2v) is 4.03. The van der Waals surface area contributed by atoms with E-state index < -0.39 is 0 Å². The predicted molar refractivity (Wildman–Crippen MR) is 51.9 cm³/mol. The molecule has 0 amide bonds. The molecule has 13 heavy (non-hydrogen) atoms. The molecule has 0 aliphatic carbocycles. The molecule has 2 heterocycles. The van der Waals surface area contributed by atoms with Gasteiger partial charge in [-0.3, -0.25) is 4.90 Å². The Kier molecular flexibility index (Phi) is 3.58. The summed E-state index contributed by atoms with van der Waals surface area (Å²) in [6.45, 7) is 7.58. The molecule has 0 saturated carbocycles. The topological polar surface area (TPSA) is 26.6 Å². The van der Waals surface area contributed by atoms with E-state index in [2.05, 4.69) is 10.2 Å². The number of piperidine rings is 1. The molecule has 0 bridgehead atoms. The van der Waals surface area contributed by atoms with Crippen molar-refractivity contribution in [2.75, 3.05) is 45.9 Å². The summed E-state index contributed by atoms with van der Waals surface area (Å²) in [5, 5.41) is 4.38. The van der Waals surface area contributed by atoms with E-state index in [0.29, 0.717) is 0 Å². The van der Waals surface area contributed by atoms with Gasteiger partial charge in [0.15, 0.2) is 0 Å². The van der Waals surface area contributed by atoms with Gasteiger partial charge in [0.05, 0.1) is 13.2 Å². The number of hydrogen-bond donors (Lipinski definition) is 0. The Morgan fingerprint density at radius 2 is 1.85 bits per heavy atom. The zero-order chi connectivity index (χ0) is 8.93. The lowest BCUT2D eigenvalue weighted by Crippen LogP contribution is -2.41. The molecule has 3 nitrogen and oxygen atoms in total. The fourth-order valence-electron chi connectivity index (χ4n) is 2.14. The zero-order valence-electron chi connectivity index (χ0n) is 8.24. The van der Waals surface area contributed by atoms with E-state index in [0.717, 1.165) is 45.3 Å².